The molecule has 0 aliphatic carbocycles. The topological polar surface area (TPSA) is 99.0 Å². The Bertz CT molecular complexity index is 1170. The Morgan fingerprint density at radius 3 is 2.50 bits per heavy atom. The summed E-state index contributed by atoms with van der Waals surface area (Å²) < 4.78 is 21.8. The van der Waals surface area contributed by atoms with Crippen molar-refractivity contribution in [3.05, 3.63) is 53.9 Å². The van der Waals surface area contributed by atoms with Crippen LogP contribution in [0.3, 0.4) is 0 Å². The molecule has 38 heavy (non-hydrogen) atoms. The molecule has 1 saturated heterocycles. The Labute approximate surface area is 224 Å². The summed E-state index contributed by atoms with van der Waals surface area (Å²) in [6.07, 6.45) is 3.65. The molecule has 9 nitrogen and oxygen atoms in total. The number of nitrogens with zero attached hydrogens (tertiary/aromatic N) is 3. The average Bonchev–Trinajstić information content (AvgIpc) is 3.40. The molecular weight excluding hydrogens is 484 g/mol. The number of aromatic nitrogens is 2. The van der Waals surface area contributed by atoms with Crippen LogP contribution in [-0.2, 0) is 17.8 Å². The number of hydrogen-bond acceptors (Lipinski definition) is 8. The number of ether oxygens (including phenoxy) is 3. The first-order chi connectivity index (χ1) is 18.4. The smallest absolute Gasteiger partial charge is 0.241 e. The highest BCUT2D eigenvalue weighted by molar-refractivity contribution is 5.78. The molecule has 0 bridgehead atoms. The summed E-state index contributed by atoms with van der Waals surface area (Å²) in [5.74, 6) is 3.41. The predicted molar refractivity (Wildman–Crippen MR) is 144 cm³/mol. The van der Waals surface area contributed by atoms with Gasteiger partial charge in [-0.25, -0.2) is 0 Å². The molecule has 0 spiro atoms. The second-order valence-corrected chi connectivity index (χ2v) is 9.84. The van der Waals surface area contributed by atoms with Crippen molar-refractivity contribution in [3.63, 3.8) is 0 Å². The Balaban J connectivity index is 1.17. The van der Waals surface area contributed by atoms with E-state index in [2.05, 4.69) is 32.5 Å². The number of hydrogen-bond donors (Lipinski definition) is 1. The molecule has 2 aromatic carbocycles. The van der Waals surface area contributed by atoms with Gasteiger partial charge in [0.05, 0.1) is 26.9 Å². The lowest BCUT2D eigenvalue weighted by Gasteiger charge is -2.30. The largest absolute Gasteiger partial charge is 0.493 e. The van der Waals surface area contributed by atoms with Crippen molar-refractivity contribution >= 4 is 5.91 Å². The van der Waals surface area contributed by atoms with Gasteiger partial charge in [-0.2, -0.15) is 4.98 Å². The van der Waals surface area contributed by atoms with Crippen molar-refractivity contribution in [1.82, 2.24) is 20.4 Å². The maximum absolute atomic E-state index is 12.7. The van der Waals surface area contributed by atoms with E-state index in [1.165, 1.54) is 5.56 Å². The van der Waals surface area contributed by atoms with Gasteiger partial charge in [0.25, 0.3) is 0 Å². The van der Waals surface area contributed by atoms with E-state index in [4.69, 9.17) is 18.7 Å². The van der Waals surface area contributed by atoms with Crippen LogP contribution in [0, 0.1) is 5.92 Å². The molecule has 1 fully saturated rings. The standard InChI is InChI=1S/C29H38N4O5/c1-20(2)37-24-10-7-21(8-11-24)6-5-15-30-29(34)22-13-16-33(17-14-22)19-27-31-28(32-38-27)23-9-12-25(35-3)26(18-23)36-4/h7-12,18,20,22H,5-6,13-17,19H2,1-4H3,(H,30,34). The zero-order chi connectivity index (χ0) is 26.9. The van der Waals surface area contributed by atoms with E-state index in [-0.39, 0.29) is 17.9 Å². The molecule has 1 amide bonds. The second kappa shape index (κ2) is 13.3. The van der Waals surface area contributed by atoms with Crippen LogP contribution in [-0.4, -0.2) is 60.9 Å². The summed E-state index contributed by atoms with van der Waals surface area (Å²) in [4.78, 5) is 19.5. The number of carbonyl (C=O) groups excluding carboxylic acids is 1. The van der Waals surface area contributed by atoms with Gasteiger partial charge in [-0.05, 0) is 88.5 Å². The van der Waals surface area contributed by atoms with Crippen molar-refractivity contribution in [2.75, 3.05) is 33.9 Å². The number of rotatable bonds is 12. The third-order valence-corrected chi connectivity index (χ3v) is 6.66. The van der Waals surface area contributed by atoms with Crippen LogP contribution < -0.4 is 19.5 Å². The lowest BCUT2D eigenvalue weighted by Crippen LogP contribution is -2.40. The molecule has 1 aliphatic heterocycles. The zero-order valence-electron chi connectivity index (χ0n) is 22.7. The molecule has 0 saturated carbocycles. The average molecular weight is 523 g/mol. The van der Waals surface area contributed by atoms with Gasteiger partial charge >= 0.3 is 0 Å². The van der Waals surface area contributed by atoms with Crippen molar-refractivity contribution in [1.29, 1.82) is 0 Å². The first-order valence-electron chi connectivity index (χ1n) is 13.3. The minimum atomic E-state index is 0.0451. The van der Waals surface area contributed by atoms with Gasteiger partial charge in [0.15, 0.2) is 11.5 Å². The molecule has 0 atom stereocenters. The highest BCUT2D eigenvalue weighted by Crippen LogP contribution is 2.31. The fourth-order valence-corrected chi connectivity index (χ4v) is 4.61. The molecule has 3 aromatic rings. The van der Waals surface area contributed by atoms with Gasteiger partial charge in [0.2, 0.25) is 17.6 Å². The van der Waals surface area contributed by atoms with Crippen LogP contribution in [0.25, 0.3) is 11.4 Å². The van der Waals surface area contributed by atoms with Crippen molar-refractivity contribution in [3.8, 4) is 28.6 Å². The summed E-state index contributed by atoms with van der Waals surface area (Å²) >= 11 is 0. The van der Waals surface area contributed by atoms with E-state index in [9.17, 15) is 4.79 Å². The Hall–Kier alpha value is -3.59. The maximum atomic E-state index is 12.7. The molecule has 0 unspecified atom stereocenters. The molecule has 1 aromatic heterocycles. The molecule has 2 heterocycles. The van der Waals surface area contributed by atoms with Gasteiger partial charge in [0.1, 0.15) is 5.75 Å². The third-order valence-electron chi connectivity index (χ3n) is 6.66. The highest BCUT2D eigenvalue weighted by atomic mass is 16.5. The molecule has 0 radical (unpaired) electrons. The lowest BCUT2D eigenvalue weighted by atomic mass is 9.96. The van der Waals surface area contributed by atoms with E-state index in [0.29, 0.717) is 36.3 Å². The first-order valence-corrected chi connectivity index (χ1v) is 13.3. The summed E-state index contributed by atoms with van der Waals surface area (Å²) in [5.41, 5.74) is 2.05. The van der Waals surface area contributed by atoms with E-state index in [1.807, 2.05) is 44.2 Å². The van der Waals surface area contributed by atoms with Gasteiger partial charge in [0, 0.05) is 18.0 Å². The van der Waals surface area contributed by atoms with Gasteiger partial charge in [-0.1, -0.05) is 17.3 Å². The summed E-state index contributed by atoms with van der Waals surface area (Å²) in [6.45, 7) is 6.92. The molecule has 9 heteroatoms. The summed E-state index contributed by atoms with van der Waals surface area (Å²) in [5, 5.41) is 7.25. The molecule has 4 rings (SSSR count). The summed E-state index contributed by atoms with van der Waals surface area (Å²) in [6, 6.07) is 13.7. The zero-order valence-corrected chi connectivity index (χ0v) is 22.7. The van der Waals surface area contributed by atoms with Crippen molar-refractivity contribution in [2.45, 2.75) is 52.2 Å². The summed E-state index contributed by atoms with van der Waals surface area (Å²) in [7, 11) is 3.19. The fourth-order valence-electron chi connectivity index (χ4n) is 4.61. The number of likely N-dealkylation sites (tertiary alicyclic amines) is 1. The van der Waals surface area contributed by atoms with Crippen LogP contribution in [0.1, 0.15) is 44.6 Å². The van der Waals surface area contributed by atoms with E-state index in [0.717, 1.165) is 50.1 Å². The molecule has 1 aliphatic rings. The number of amides is 1. The van der Waals surface area contributed by atoms with Gasteiger partial charge in [-0.3, -0.25) is 9.69 Å². The Morgan fingerprint density at radius 2 is 1.82 bits per heavy atom. The van der Waals surface area contributed by atoms with E-state index < -0.39 is 0 Å². The number of carbonyl (C=O) groups is 1. The Kier molecular flexibility index (Phi) is 9.59. The van der Waals surface area contributed by atoms with Gasteiger partial charge in [-0.15, -0.1) is 0 Å². The first kappa shape index (κ1) is 27.4. The number of piperidine rings is 1. The normalized spacial score (nSPS) is 14.4. The predicted octanol–water partition coefficient (Wildman–Crippen LogP) is 4.50. The molecule has 204 valence electrons. The minimum Gasteiger partial charge on any atom is -0.493 e. The second-order valence-electron chi connectivity index (χ2n) is 9.84. The molecule has 1 N–H and O–H groups in total. The fraction of sp³-hybridized carbons (Fsp3) is 0.483. The van der Waals surface area contributed by atoms with Crippen LogP contribution in [0.5, 0.6) is 17.2 Å². The highest BCUT2D eigenvalue weighted by Gasteiger charge is 2.26. The molecular formula is C29H38N4O5. The Morgan fingerprint density at radius 1 is 1.08 bits per heavy atom. The lowest BCUT2D eigenvalue weighted by molar-refractivity contribution is -0.126. The van der Waals surface area contributed by atoms with Crippen LogP contribution >= 0.6 is 0 Å². The quantitative estimate of drug-likeness (QED) is 0.347. The number of benzene rings is 2. The van der Waals surface area contributed by atoms with Crippen LogP contribution in [0.4, 0.5) is 0 Å². The number of nitrogens with one attached hydrogen (secondary N) is 1. The SMILES string of the molecule is COc1ccc(-c2noc(CN3CCC(C(=O)NCCCc4ccc(OC(C)C)cc4)CC3)n2)cc1OC. The van der Waals surface area contributed by atoms with Gasteiger partial charge < -0.3 is 24.1 Å². The monoisotopic (exact) mass is 522 g/mol. The van der Waals surface area contributed by atoms with Crippen molar-refractivity contribution < 1.29 is 23.5 Å². The minimum absolute atomic E-state index is 0.0451. The van der Waals surface area contributed by atoms with Crippen LogP contribution in [0.2, 0.25) is 0 Å². The van der Waals surface area contributed by atoms with E-state index >= 15 is 0 Å². The number of aryl methyl sites for hydroxylation is 1. The van der Waals surface area contributed by atoms with E-state index in [1.54, 1.807) is 14.2 Å². The maximum Gasteiger partial charge on any atom is 0.241 e. The van der Waals surface area contributed by atoms with Crippen LogP contribution in [0.15, 0.2) is 47.0 Å². The number of methoxy groups -OCH3 is 2. The van der Waals surface area contributed by atoms with Crippen molar-refractivity contribution in [2.24, 2.45) is 5.92 Å². The third kappa shape index (κ3) is 7.47.